The Morgan fingerprint density at radius 2 is 1.66 bits per heavy atom. The van der Waals surface area contributed by atoms with Crippen molar-refractivity contribution < 1.29 is 20.5 Å². The molecule has 1 atom stereocenters. The molecule has 9 heteroatoms. The number of thiol groups is 1. The molecule has 0 aliphatic heterocycles. The number of fused-ring (bicyclic) bond motifs is 1. The molecule has 0 aliphatic rings. The van der Waals surface area contributed by atoms with Gasteiger partial charge in [-0.05, 0) is 11.5 Å². The van der Waals surface area contributed by atoms with Crippen LogP contribution in [0, 0.1) is 11.6 Å². The molecule has 5 N–H and O–H groups in total. The second kappa shape index (κ2) is 10.7. The van der Waals surface area contributed by atoms with Crippen molar-refractivity contribution in [1.82, 2.24) is 4.72 Å². The molecular formula is C20H23F2N3O3S. The normalized spacial score (nSPS) is 11.5. The Labute approximate surface area is 173 Å². The second-order valence-electron chi connectivity index (χ2n) is 6.09. The number of nitrogens with one attached hydrogen (secondary N) is 1. The molecule has 0 amide bonds. The maximum atomic E-state index is 13.1. The van der Waals surface area contributed by atoms with Crippen LogP contribution in [0.5, 0.6) is 0 Å². The fourth-order valence-corrected chi connectivity index (χ4v) is 2.66. The molecule has 0 aromatic heterocycles. The van der Waals surface area contributed by atoms with E-state index in [0.29, 0.717) is 5.06 Å². The summed E-state index contributed by atoms with van der Waals surface area (Å²) in [6.45, 7) is -0.115. The Hall–Kier alpha value is -2.72. The van der Waals surface area contributed by atoms with Crippen LogP contribution in [0.25, 0.3) is 10.8 Å². The van der Waals surface area contributed by atoms with Crippen LogP contribution in [0.2, 0.25) is 0 Å². The Balaban J connectivity index is 0.000000304. The van der Waals surface area contributed by atoms with Crippen LogP contribution < -0.4 is 20.9 Å². The molecule has 3 aromatic carbocycles. The molecule has 6 nitrogen and oxygen atoms in total. The first-order chi connectivity index (χ1) is 13.8. The number of halogens is 2. The first-order valence-electron chi connectivity index (χ1n) is 8.57. The first-order valence-corrected chi connectivity index (χ1v) is 9.02. The monoisotopic (exact) mass is 423 g/mol. The predicted molar refractivity (Wildman–Crippen MR) is 115 cm³/mol. The summed E-state index contributed by atoms with van der Waals surface area (Å²) in [5.41, 5.74) is 4.42. The summed E-state index contributed by atoms with van der Waals surface area (Å²) in [7, 11) is 0. The highest BCUT2D eigenvalue weighted by Gasteiger charge is 2.14. The third-order valence-corrected chi connectivity index (χ3v) is 4.12. The molecule has 0 heterocycles. The van der Waals surface area contributed by atoms with Gasteiger partial charge >= 0.3 is 0 Å². The van der Waals surface area contributed by atoms with E-state index in [1.807, 2.05) is 36.4 Å². The van der Waals surface area contributed by atoms with Crippen LogP contribution in [-0.2, 0) is 0 Å². The fourth-order valence-electron chi connectivity index (χ4n) is 2.45. The van der Waals surface area contributed by atoms with Crippen LogP contribution in [-0.4, -0.2) is 29.5 Å². The van der Waals surface area contributed by atoms with E-state index < -0.39 is 23.4 Å². The molecule has 0 bridgehead atoms. The van der Waals surface area contributed by atoms with Crippen LogP contribution in [0.4, 0.5) is 20.2 Å². The summed E-state index contributed by atoms with van der Waals surface area (Å²) in [4.78, 5) is 11.4. The third kappa shape index (κ3) is 6.40. The number of hydrogen-bond donors (Lipinski definition) is 5. The van der Waals surface area contributed by atoms with Gasteiger partial charge in [0.1, 0.15) is 5.69 Å². The van der Waals surface area contributed by atoms with E-state index in [9.17, 15) is 23.9 Å². The lowest BCUT2D eigenvalue weighted by molar-refractivity contribution is 0.141. The van der Waals surface area contributed by atoms with Gasteiger partial charge in [0.25, 0.3) is 0 Å². The predicted octanol–water partition coefficient (Wildman–Crippen LogP) is 2.98. The number of nitrogen functional groups attached to an aromatic ring is 1. The zero-order chi connectivity index (χ0) is 21.4. The molecule has 0 spiro atoms. The summed E-state index contributed by atoms with van der Waals surface area (Å²) >= 11 is 3.67. The molecule has 0 radical (unpaired) electrons. The van der Waals surface area contributed by atoms with E-state index in [0.717, 1.165) is 22.9 Å². The Morgan fingerprint density at radius 1 is 1.10 bits per heavy atom. The molecule has 3 rings (SSSR count). The van der Waals surface area contributed by atoms with Crippen LogP contribution in [0.3, 0.4) is 0 Å². The summed E-state index contributed by atoms with van der Waals surface area (Å²) in [5.74, 6) is -1.94. The summed E-state index contributed by atoms with van der Waals surface area (Å²) in [5, 5.41) is 21.2. The third-order valence-electron chi connectivity index (χ3n) is 3.93. The van der Waals surface area contributed by atoms with E-state index in [1.54, 1.807) is 12.1 Å². The minimum atomic E-state index is -0.971. The zero-order valence-electron chi connectivity index (χ0n) is 15.3. The quantitative estimate of drug-likeness (QED) is 0.246. The maximum absolute atomic E-state index is 13.1. The molecule has 29 heavy (non-hydrogen) atoms. The summed E-state index contributed by atoms with van der Waals surface area (Å²) < 4.78 is 28.6. The number of rotatable bonds is 5. The van der Waals surface area contributed by atoms with Gasteiger partial charge in [0, 0.05) is 25.5 Å². The lowest BCUT2D eigenvalue weighted by atomic mass is 10.2. The van der Waals surface area contributed by atoms with Gasteiger partial charge in [-0.1, -0.05) is 55.3 Å². The number of aliphatic hydroxyl groups is 1. The molecule has 0 saturated heterocycles. The van der Waals surface area contributed by atoms with Crippen molar-refractivity contribution in [2.45, 2.75) is 6.10 Å². The largest absolute Gasteiger partial charge is 0.394 e. The number of nitrogens with zero attached hydrogens (tertiary/aromatic N) is 1. The number of anilines is 2. The van der Waals surface area contributed by atoms with E-state index in [4.69, 9.17) is 5.73 Å². The SMILES string of the molecule is Nc1c(F)cc(N(O)CC(O)CNS)cc1F.O=c1ccccc2ccccc12.[HH]. The Morgan fingerprint density at radius 3 is 2.24 bits per heavy atom. The zero-order valence-corrected chi connectivity index (χ0v) is 16.2. The van der Waals surface area contributed by atoms with Crippen molar-refractivity contribution >= 4 is 35.0 Å². The number of hydroxylamine groups is 1. The van der Waals surface area contributed by atoms with Crippen molar-refractivity contribution in [1.29, 1.82) is 0 Å². The van der Waals surface area contributed by atoms with Gasteiger partial charge in [0.2, 0.25) is 0 Å². The Kier molecular flexibility index (Phi) is 8.34. The highest BCUT2D eigenvalue weighted by molar-refractivity contribution is 7.78. The van der Waals surface area contributed by atoms with E-state index in [-0.39, 0.29) is 25.6 Å². The maximum Gasteiger partial charge on any atom is 0.186 e. The minimum absolute atomic E-state index is 0. The van der Waals surface area contributed by atoms with Gasteiger partial charge in [0.05, 0.1) is 18.3 Å². The first kappa shape index (κ1) is 22.6. The van der Waals surface area contributed by atoms with Gasteiger partial charge in [-0.25, -0.2) is 8.78 Å². The number of nitrogens with two attached hydrogens (primary N) is 1. The van der Waals surface area contributed by atoms with Crippen LogP contribution in [0.15, 0.2) is 65.5 Å². The van der Waals surface area contributed by atoms with E-state index in [1.165, 1.54) is 0 Å². The topological polar surface area (TPSA) is 98.8 Å². The van der Waals surface area contributed by atoms with Gasteiger partial charge in [-0.15, -0.1) is 0 Å². The molecule has 1 unspecified atom stereocenters. The number of benzene rings is 2. The fraction of sp³-hybridized carbons (Fsp3) is 0.150. The lowest BCUT2D eigenvalue weighted by Crippen LogP contribution is -2.34. The minimum Gasteiger partial charge on any atom is -0.394 e. The number of hydrogen-bond acceptors (Lipinski definition) is 7. The van der Waals surface area contributed by atoms with Crippen molar-refractivity contribution in [3.05, 3.63) is 82.5 Å². The van der Waals surface area contributed by atoms with Crippen molar-refractivity contribution in [2.24, 2.45) is 0 Å². The van der Waals surface area contributed by atoms with E-state index in [2.05, 4.69) is 17.5 Å². The van der Waals surface area contributed by atoms with Gasteiger partial charge in [-0.3, -0.25) is 19.8 Å². The van der Waals surface area contributed by atoms with Gasteiger partial charge < -0.3 is 10.8 Å². The highest BCUT2D eigenvalue weighted by atomic mass is 32.1. The van der Waals surface area contributed by atoms with Gasteiger partial charge in [-0.2, -0.15) is 0 Å². The molecule has 156 valence electrons. The molecule has 3 aromatic rings. The molecule has 0 saturated carbocycles. The van der Waals surface area contributed by atoms with Crippen LogP contribution in [0.1, 0.15) is 1.43 Å². The van der Waals surface area contributed by atoms with Crippen LogP contribution >= 0.6 is 12.8 Å². The van der Waals surface area contributed by atoms with Crippen molar-refractivity contribution in [2.75, 3.05) is 23.9 Å². The Bertz CT molecular complexity index is 1010. The highest BCUT2D eigenvalue weighted by Crippen LogP contribution is 2.22. The average Bonchev–Trinajstić information content (AvgIpc) is 2.88. The van der Waals surface area contributed by atoms with E-state index >= 15 is 0 Å². The van der Waals surface area contributed by atoms with Crippen molar-refractivity contribution in [3.63, 3.8) is 0 Å². The second-order valence-corrected chi connectivity index (χ2v) is 6.41. The smallest absolute Gasteiger partial charge is 0.186 e. The lowest BCUT2D eigenvalue weighted by Gasteiger charge is -2.20. The number of aliphatic hydroxyl groups excluding tert-OH is 1. The molecule has 0 aliphatic carbocycles. The average molecular weight is 423 g/mol. The standard InChI is InChI=1S/C11H8O.C9H13F2N3O2S.H2/c12-11-8-4-2-6-9-5-1-3-7-10(9)11;10-7-1-5(2-8(11)9(7)12)14(16)4-6(15)3-13-17;/h1-8H;1-2,6,13,15-17H,3-4,12H2;1H. The van der Waals surface area contributed by atoms with Gasteiger partial charge in [0.15, 0.2) is 17.1 Å². The summed E-state index contributed by atoms with van der Waals surface area (Å²) in [6, 6.07) is 16.5. The molecular weight excluding hydrogens is 400 g/mol. The summed E-state index contributed by atoms with van der Waals surface area (Å²) in [6.07, 6.45) is -0.943. The molecule has 0 fully saturated rings. The van der Waals surface area contributed by atoms with Crippen molar-refractivity contribution in [3.8, 4) is 0 Å².